The number of hydrogen-bond donors (Lipinski definition) is 0. The fourth-order valence-corrected chi connectivity index (χ4v) is 3.18. The molecule has 24 heavy (non-hydrogen) atoms. The number of aliphatic imine (C=N–C) groups is 1. The summed E-state index contributed by atoms with van der Waals surface area (Å²) in [5.74, 6) is 0.344. The van der Waals surface area contributed by atoms with Crippen molar-refractivity contribution >= 4 is 34.6 Å². The van der Waals surface area contributed by atoms with Crippen LogP contribution in [-0.4, -0.2) is 16.8 Å². The quantitative estimate of drug-likeness (QED) is 0.755. The Kier molecular flexibility index (Phi) is 5.11. The molecule has 3 nitrogen and oxygen atoms in total. The molecule has 0 N–H and O–H groups in total. The van der Waals surface area contributed by atoms with Crippen LogP contribution in [0.2, 0.25) is 0 Å². The summed E-state index contributed by atoms with van der Waals surface area (Å²) < 4.78 is 13.2. The van der Waals surface area contributed by atoms with Gasteiger partial charge < -0.3 is 0 Å². The van der Waals surface area contributed by atoms with E-state index in [9.17, 15) is 9.18 Å². The van der Waals surface area contributed by atoms with Gasteiger partial charge in [-0.3, -0.25) is 9.69 Å². The molecule has 1 aliphatic heterocycles. The van der Waals surface area contributed by atoms with Gasteiger partial charge in [-0.2, -0.15) is 0 Å². The topological polar surface area (TPSA) is 32.7 Å². The van der Waals surface area contributed by atoms with Crippen LogP contribution in [0.5, 0.6) is 0 Å². The Labute approximate surface area is 144 Å². The molecule has 1 aliphatic rings. The summed E-state index contributed by atoms with van der Waals surface area (Å²) in [6, 6.07) is 15.5. The number of carbonyl (C=O) groups is 1. The van der Waals surface area contributed by atoms with Gasteiger partial charge in [0.2, 0.25) is 0 Å². The van der Waals surface area contributed by atoms with Crippen LogP contribution in [0.3, 0.4) is 0 Å². The van der Waals surface area contributed by atoms with Crippen LogP contribution in [0, 0.1) is 5.82 Å². The zero-order chi connectivity index (χ0) is 16.9. The van der Waals surface area contributed by atoms with E-state index in [2.05, 4.69) is 11.9 Å². The Balaban J connectivity index is 1.96. The summed E-state index contributed by atoms with van der Waals surface area (Å²) in [4.78, 5) is 18.9. The first kappa shape index (κ1) is 16.5. The molecule has 0 saturated carbocycles. The molecule has 2 aromatic rings. The molecule has 0 unspecified atom stereocenters. The van der Waals surface area contributed by atoms with Crippen LogP contribution in [0.15, 0.2) is 65.3 Å². The first-order chi connectivity index (χ1) is 11.7. The van der Waals surface area contributed by atoms with Crippen LogP contribution in [0.4, 0.5) is 10.1 Å². The van der Waals surface area contributed by atoms with Crippen LogP contribution in [0.1, 0.15) is 18.9 Å². The molecule has 1 amide bonds. The molecule has 0 fully saturated rings. The molecule has 0 bridgehead atoms. The average molecular weight is 340 g/mol. The van der Waals surface area contributed by atoms with Gasteiger partial charge in [0.15, 0.2) is 5.17 Å². The van der Waals surface area contributed by atoms with E-state index < -0.39 is 0 Å². The molecular weight excluding hydrogens is 323 g/mol. The maximum Gasteiger partial charge on any atom is 0.283 e. The van der Waals surface area contributed by atoms with Crippen LogP contribution >= 0.6 is 11.8 Å². The maximum atomic E-state index is 13.2. The number of halogens is 1. The van der Waals surface area contributed by atoms with Gasteiger partial charge in [-0.1, -0.05) is 49.0 Å². The minimum absolute atomic E-state index is 0.191. The third-order valence-electron chi connectivity index (χ3n) is 3.45. The van der Waals surface area contributed by atoms with Gasteiger partial charge >= 0.3 is 0 Å². The van der Waals surface area contributed by atoms with E-state index in [0.717, 1.165) is 17.7 Å². The second kappa shape index (κ2) is 7.45. The number of thioether (sulfide) groups is 1. The smallest absolute Gasteiger partial charge is 0.266 e. The summed E-state index contributed by atoms with van der Waals surface area (Å²) in [7, 11) is 0. The number of benzene rings is 2. The number of amidine groups is 1. The van der Waals surface area contributed by atoms with Gasteiger partial charge in [0.1, 0.15) is 11.5 Å². The van der Waals surface area contributed by atoms with E-state index in [1.165, 1.54) is 23.9 Å². The summed E-state index contributed by atoms with van der Waals surface area (Å²) in [5, 5.41) is 0.635. The standard InChI is InChI=1S/C19H17FN2OS/c1-2-12-24-19-21-17(13-14-6-4-3-5-7-14)18(23)22(19)16-10-8-15(20)9-11-16/h3-11,13H,2,12H2,1H3. The molecule has 0 atom stereocenters. The van der Waals surface area contributed by atoms with Gasteiger partial charge in [-0.25, -0.2) is 9.38 Å². The van der Waals surface area contributed by atoms with Crippen molar-refractivity contribution in [2.24, 2.45) is 4.99 Å². The van der Waals surface area contributed by atoms with Crippen LogP contribution in [0.25, 0.3) is 6.08 Å². The Morgan fingerprint density at radius 1 is 1.12 bits per heavy atom. The predicted octanol–water partition coefficient (Wildman–Crippen LogP) is 4.71. The largest absolute Gasteiger partial charge is 0.283 e. The molecule has 0 spiro atoms. The number of amides is 1. The SMILES string of the molecule is CCCSC1=NC(=Cc2ccccc2)C(=O)N1c1ccc(F)cc1. The summed E-state index contributed by atoms with van der Waals surface area (Å²) >= 11 is 1.53. The van der Waals surface area contributed by atoms with Gasteiger partial charge in [-0.05, 0) is 42.3 Å². The fraction of sp³-hybridized carbons (Fsp3) is 0.158. The summed E-state index contributed by atoms with van der Waals surface area (Å²) in [6.07, 6.45) is 2.76. The number of hydrogen-bond acceptors (Lipinski definition) is 3. The Bertz CT molecular complexity index is 785. The molecule has 1 heterocycles. The Hall–Kier alpha value is -2.40. The summed E-state index contributed by atoms with van der Waals surface area (Å²) in [6.45, 7) is 2.08. The molecule has 0 radical (unpaired) electrons. The normalized spacial score (nSPS) is 15.9. The maximum absolute atomic E-state index is 13.2. The molecule has 3 rings (SSSR count). The zero-order valence-electron chi connectivity index (χ0n) is 13.3. The lowest BCUT2D eigenvalue weighted by molar-refractivity contribution is -0.113. The first-order valence-electron chi connectivity index (χ1n) is 7.77. The van der Waals surface area contributed by atoms with Crippen molar-refractivity contribution in [1.82, 2.24) is 0 Å². The van der Waals surface area contributed by atoms with E-state index in [0.29, 0.717) is 16.6 Å². The molecule has 122 valence electrons. The van der Waals surface area contributed by atoms with Crippen LogP contribution in [-0.2, 0) is 4.79 Å². The lowest BCUT2D eigenvalue weighted by Crippen LogP contribution is -2.30. The van der Waals surface area contributed by atoms with Crippen molar-refractivity contribution in [2.75, 3.05) is 10.7 Å². The Morgan fingerprint density at radius 3 is 2.50 bits per heavy atom. The Morgan fingerprint density at radius 2 is 1.83 bits per heavy atom. The second-order valence-corrected chi connectivity index (χ2v) is 6.36. The van der Waals surface area contributed by atoms with E-state index in [1.807, 2.05) is 30.3 Å². The van der Waals surface area contributed by atoms with E-state index in [-0.39, 0.29) is 11.7 Å². The van der Waals surface area contributed by atoms with Gasteiger partial charge in [0.05, 0.1) is 5.69 Å². The average Bonchev–Trinajstić information content (AvgIpc) is 2.90. The van der Waals surface area contributed by atoms with Crippen molar-refractivity contribution in [1.29, 1.82) is 0 Å². The molecule has 0 aromatic heterocycles. The van der Waals surface area contributed by atoms with E-state index in [1.54, 1.807) is 23.1 Å². The van der Waals surface area contributed by atoms with E-state index >= 15 is 0 Å². The highest BCUT2D eigenvalue weighted by Gasteiger charge is 2.31. The van der Waals surface area contributed by atoms with E-state index in [4.69, 9.17) is 0 Å². The van der Waals surface area contributed by atoms with Gasteiger partial charge in [0.25, 0.3) is 5.91 Å². The molecular formula is C19H17FN2OS. The molecule has 5 heteroatoms. The van der Waals surface area contributed by atoms with Crippen molar-refractivity contribution in [3.05, 3.63) is 71.7 Å². The minimum Gasteiger partial charge on any atom is -0.266 e. The third kappa shape index (κ3) is 3.57. The van der Waals surface area contributed by atoms with Gasteiger partial charge in [-0.15, -0.1) is 0 Å². The minimum atomic E-state index is -0.329. The molecule has 0 aliphatic carbocycles. The third-order valence-corrected chi connectivity index (χ3v) is 4.60. The highest BCUT2D eigenvalue weighted by molar-refractivity contribution is 8.14. The predicted molar refractivity (Wildman–Crippen MR) is 98.5 cm³/mol. The van der Waals surface area contributed by atoms with Crippen molar-refractivity contribution in [2.45, 2.75) is 13.3 Å². The van der Waals surface area contributed by atoms with Crippen LogP contribution < -0.4 is 4.90 Å². The lowest BCUT2D eigenvalue weighted by atomic mass is 10.2. The van der Waals surface area contributed by atoms with Crippen molar-refractivity contribution in [3.8, 4) is 0 Å². The summed E-state index contributed by atoms with van der Waals surface area (Å²) in [5.41, 5.74) is 1.94. The monoisotopic (exact) mass is 340 g/mol. The van der Waals surface area contributed by atoms with Crippen molar-refractivity contribution < 1.29 is 9.18 Å². The highest BCUT2D eigenvalue weighted by Crippen LogP contribution is 2.29. The number of carbonyl (C=O) groups excluding carboxylic acids is 1. The number of anilines is 1. The lowest BCUT2D eigenvalue weighted by Gasteiger charge is -2.17. The van der Waals surface area contributed by atoms with Gasteiger partial charge in [0, 0.05) is 5.75 Å². The molecule has 0 saturated heterocycles. The second-order valence-electron chi connectivity index (χ2n) is 5.30. The first-order valence-corrected chi connectivity index (χ1v) is 8.76. The van der Waals surface area contributed by atoms with Crippen molar-refractivity contribution in [3.63, 3.8) is 0 Å². The number of rotatable bonds is 4. The zero-order valence-corrected chi connectivity index (χ0v) is 14.1. The highest BCUT2D eigenvalue weighted by atomic mass is 32.2. The fourth-order valence-electron chi connectivity index (χ4n) is 2.31. The molecule has 2 aromatic carbocycles. The number of nitrogens with zero attached hydrogens (tertiary/aromatic N) is 2.